The van der Waals surface area contributed by atoms with Crippen molar-refractivity contribution in [1.29, 1.82) is 0 Å². The van der Waals surface area contributed by atoms with E-state index in [2.05, 4.69) is 130 Å². The average molecular weight is 986 g/mol. The van der Waals surface area contributed by atoms with E-state index in [1.165, 1.54) is 83.5 Å². The van der Waals surface area contributed by atoms with Crippen LogP contribution in [0.4, 0.5) is 0 Å². The lowest BCUT2D eigenvalue weighted by Gasteiger charge is -2.18. The summed E-state index contributed by atoms with van der Waals surface area (Å²) in [5.74, 6) is -0.912. The fraction of sp³-hybridized carbons (Fsp3) is 0.677. The van der Waals surface area contributed by atoms with Gasteiger partial charge in [-0.05, 0) is 103 Å². The third-order valence-corrected chi connectivity index (χ3v) is 12.3. The van der Waals surface area contributed by atoms with Gasteiger partial charge in [-0.25, -0.2) is 0 Å². The largest absolute Gasteiger partial charge is 0.462 e. The van der Waals surface area contributed by atoms with Gasteiger partial charge in [-0.2, -0.15) is 0 Å². The van der Waals surface area contributed by atoms with E-state index in [0.29, 0.717) is 19.3 Å². The number of carbonyl (C=O) groups is 3. The molecule has 0 aliphatic heterocycles. The standard InChI is InChI=1S/C65H108O6/c1-4-7-10-13-16-19-22-24-26-27-28-29-30-31-32-33-34-35-36-37-39-40-43-46-49-52-55-58-64(67)70-61-62(60-69-63(66)57-54-51-48-45-42-21-18-15-12-9-6-3)71-65(68)59-56-53-50-47-44-41-38-25-23-20-17-14-11-8-5-2/h7-8,10-11,16-17,19-20,24-26,28-29,31-32,34-35,38,62H,4-6,9,12-15,18,21-23,27,30,33,36-37,39-61H2,1-3H3/b10-7-,11-8-,19-16-,20-17-,26-24-,29-28-,32-31-,35-34-,38-25-. The molecule has 71 heavy (non-hydrogen) atoms. The van der Waals surface area contributed by atoms with E-state index in [-0.39, 0.29) is 31.1 Å². The van der Waals surface area contributed by atoms with Crippen LogP contribution in [0.5, 0.6) is 0 Å². The highest BCUT2D eigenvalue weighted by molar-refractivity contribution is 5.71. The predicted molar refractivity (Wildman–Crippen MR) is 307 cm³/mol. The normalized spacial score (nSPS) is 12.9. The van der Waals surface area contributed by atoms with Crippen LogP contribution in [-0.4, -0.2) is 37.2 Å². The molecular weight excluding hydrogens is 877 g/mol. The van der Waals surface area contributed by atoms with E-state index in [1.807, 2.05) is 0 Å². The van der Waals surface area contributed by atoms with E-state index >= 15 is 0 Å². The van der Waals surface area contributed by atoms with Crippen LogP contribution in [0.25, 0.3) is 0 Å². The number of hydrogen-bond acceptors (Lipinski definition) is 6. The molecule has 404 valence electrons. The molecule has 0 aromatic carbocycles. The van der Waals surface area contributed by atoms with Gasteiger partial charge in [0.1, 0.15) is 13.2 Å². The fourth-order valence-corrected chi connectivity index (χ4v) is 7.93. The Morgan fingerprint density at radius 3 is 0.859 bits per heavy atom. The van der Waals surface area contributed by atoms with Crippen LogP contribution in [0.1, 0.15) is 265 Å². The summed E-state index contributed by atoms with van der Waals surface area (Å²) in [6, 6.07) is 0. The van der Waals surface area contributed by atoms with Gasteiger partial charge in [0.2, 0.25) is 0 Å². The van der Waals surface area contributed by atoms with Crippen LogP contribution in [0, 0.1) is 0 Å². The first-order chi connectivity index (χ1) is 35.0. The zero-order chi connectivity index (χ0) is 51.4. The Labute approximate surface area is 438 Å². The lowest BCUT2D eigenvalue weighted by Crippen LogP contribution is -2.30. The van der Waals surface area contributed by atoms with Crippen LogP contribution in [-0.2, 0) is 28.6 Å². The van der Waals surface area contributed by atoms with Crippen LogP contribution >= 0.6 is 0 Å². The van der Waals surface area contributed by atoms with Gasteiger partial charge in [0.05, 0.1) is 0 Å². The summed E-state index contributed by atoms with van der Waals surface area (Å²) in [7, 11) is 0. The van der Waals surface area contributed by atoms with Gasteiger partial charge < -0.3 is 14.2 Å². The highest BCUT2D eigenvalue weighted by atomic mass is 16.6. The summed E-state index contributed by atoms with van der Waals surface area (Å²) in [6.45, 7) is 6.39. The second-order valence-electron chi connectivity index (χ2n) is 19.1. The maximum atomic E-state index is 12.8. The van der Waals surface area contributed by atoms with Crippen molar-refractivity contribution in [3.8, 4) is 0 Å². The molecule has 0 aliphatic carbocycles. The summed E-state index contributed by atoms with van der Waals surface area (Å²) in [4.78, 5) is 38.1. The Balaban J connectivity index is 4.31. The van der Waals surface area contributed by atoms with Crippen LogP contribution in [0.3, 0.4) is 0 Å². The molecule has 0 bridgehead atoms. The van der Waals surface area contributed by atoms with Gasteiger partial charge in [-0.1, -0.05) is 252 Å². The minimum absolute atomic E-state index is 0.0868. The molecule has 0 saturated heterocycles. The summed E-state index contributed by atoms with van der Waals surface area (Å²) in [5.41, 5.74) is 0. The SMILES string of the molecule is CC/C=C\C/C=C\C/C=C\C/C=C\C/C=C\C/C=C\CCCCCCCCCCC(=O)OCC(COC(=O)CCCCCCCCCCCCC)OC(=O)CCCCCCC/C=C\C/C=C\C/C=C\CC. The number of ether oxygens (including phenoxy) is 3. The number of rotatable bonds is 52. The maximum absolute atomic E-state index is 12.8. The molecular formula is C65H108O6. The van der Waals surface area contributed by atoms with Crippen molar-refractivity contribution in [2.45, 2.75) is 271 Å². The van der Waals surface area contributed by atoms with Crippen molar-refractivity contribution < 1.29 is 28.6 Å². The molecule has 0 rings (SSSR count). The molecule has 1 atom stereocenters. The molecule has 0 radical (unpaired) electrons. The van der Waals surface area contributed by atoms with Gasteiger partial charge >= 0.3 is 17.9 Å². The highest BCUT2D eigenvalue weighted by Crippen LogP contribution is 2.15. The second-order valence-corrected chi connectivity index (χ2v) is 19.1. The molecule has 0 aromatic heterocycles. The number of esters is 3. The first-order valence-corrected chi connectivity index (χ1v) is 29.4. The highest BCUT2D eigenvalue weighted by Gasteiger charge is 2.19. The Morgan fingerprint density at radius 1 is 0.296 bits per heavy atom. The minimum Gasteiger partial charge on any atom is -0.462 e. The van der Waals surface area contributed by atoms with E-state index in [9.17, 15) is 14.4 Å². The third kappa shape index (κ3) is 56.9. The van der Waals surface area contributed by atoms with Crippen LogP contribution in [0.15, 0.2) is 109 Å². The zero-order valence-corrected chi connectivity index (χ0v) is 46.2. The van der Waals surface area contributed by atoms with Gasteiger partial charge in [0, 0.05) is 19.3 Å². The molecule has 0 spiro atoms. The molecule has 1 unspecified atom stereocenters. The lowest BCUT2D eigenvalue weighted by molar-refractivity contribution is -0.167. The number of allylic oxidation sites excluding steroid dienone is 18. The molecule has 0 saturated carbocycles. The molecule has 0 aromatic rings. The lowest BCUT2D eigenvalue weighted by atomic mass is 10.1. The Bertz CT molecular complexity index is 1460. The molecule has 0 N–H and O–H groups in total. The third-order valence-electron chi connectivity index (χ3n) is 12.3. The van der Waals surface area contributed by atoms with Crippen molar-refractivity contribution in [2.24, 2.45) is 0 Å². The maximum Gasteiger partial charge on any atom is 0.306 e. The van der Waals surface area contributed by atoms with Crippen molar-refractivity contribution in [3.63, 3.8) is 0 Å². The van der Waals surface area contributed by atoms with Crippen LogP contribution < -0.4 is 0 Å². The van der Waals surface area contributed by atoms with Crippen molar-refractivity contribution in [1.82, 2.24) is 0 Å². The van der Waals surface area contributed by atoms with E-state index in [1.54, 1.807) is 0 Å². The second kappa shape index (κ2) is 58.6. The number of carbonyl (C=O) groups excluding carboxylic acids is 3. The summed E-state index contributed by atoms with van der Waals surface area (Å²) >= 11 is 0. The number of hydrogen-bond donors (Lipinski definition) is 0. The Kier molecular flexibility index (Phi) is 55.4. The molecule has 6 heteroatoms. The fourth-order valence-electron chi connectivity index (χ4n) is 7.93. The summed E-state index contributed by atoms with van der Waals surface area (Å²) in [5, 5.41) is 0. The van der Waals surface area contributed by atoms with Crippen molar-refractivity contribution in [3.05, 3.63) is 109 Å². The first-order valence-electron chi connectivity index (χ1n) is 29.4. The van der Waals surface area contributed by atoms with Crippen molar-refractivity contribution in [2.75, 3.05) is 13.2 Å². The molecule has 6 nitrogen and oxygen atoms in total. The average Bonchev–Trinajstić information content (AvgIpc) is 3.37. The Morgan fingerprint density at radius 2 is 0.549 bits per heavy atom. The van der Waals surface area contributed by atoms with E-state index in [0.717, 1.165) is 141 Å². The van der Waals surface area contributed by atoms with E-state index < -0.39 is 6.10 Å². The predicted octanol–water partition coefficient (Wildman–Crippen LogP) is 19.9. The topological polar surface area (TPSA) is 78.9 Å². The minimum atomic E-state index is -0.790. The van der Waals surface area contributed by atoms with Gasteiger partial charge in [-0.15, -0.1) is 0 Å². The van der Waals surface area contributed by atoms with Crippen LogP contribution in [0.2, 0.25) is 0 Å². The number of unbranched alkanes of at least 4 members (excludes halogenated alkanes) is 23. The van der Waals surface area contributed by atoms with Gasteiger partial charge in [0.15, 0.2) is 6.10 Å². The first kappa shape index (κ1) is 67.1. The van der Waals surface area contributed by atoms with Gasteiger partial charge in [0.25, 0.3) is 0 Å². The molecule has 0 amide bonds. The smallest absolute Gasteiger partial charge is 0.306 e. The van der Waals surface area contributed by atoms with Gasteiger partial charge in [-0.3, -0.25) is 14.4 Å². The summed E-state index contributed by atoms with van der Waals surface area (Å²) in [6.07, 6.45) is 79.4. The quantitative estimate of drug-likeness (QED) is 0.0261. The van der Waals surface area contributed by atoms with Crippen molar-refractivity contribution >= 4 is 17.9 Å². The Hall–Kier alpha value is -3.93. The molecule has 0 heterocycles. The zero-order valence-electron chi connectivity index (χ0n) is 46.2. The molecule has 0 aliphatic rings. The monoisotopic (exact) mass is 985 g/mol. The van der Waals surface area contributed by atoms with E-state index in [4.69, 9.17) is 14.2 Å². The summed E-state index contributed by atoms with van der Waals surface area (Å²) < 4.78 is 16.8. The molecule has 0 fully saturated rings.